The zero-order valence-electron chi connectivity index (χ0n) is 15.2. The summed E-state index contributed by atoms with van der Waals surface area (Å²) < 4.78 is 36.2. The van der Waals surface area contributed by atoms with Crippen molar-refractivity contribution in [3.63, 3.8) is 0 Å². The van der Waals surface area contributed by atoms with Gasteiger partial charge in [0.1, 0.15) is 11.5 Å². The van der Waals surface area contributed by atoms with Crippen molar-refractivity contribution < 1.29 is 22.7 Å². The normalized spacial score (nSPS) is 16.5. The third-order valence-electron chi connectivity index (χ3n) is 4.67. The van der Waals surface area contributed by atoms with Crippen LogP contribution < -0.4 is 10.1 Å². The Kier molecular flexibility index (Phi) is 5.82. The van der Waals surface area contributed by atoms with Crippen LogP contribution in [-0.4, -0.2) is 38.8 Å². The summed E-state index contributed by atoms with van der Waals surface area (Å²) in [5, 5.41) is 3.11. The second-order valence-electron chi connectivity index (χ2n) is 6.36. The largest absolute Gasteiger partial charge is 0.465 e. The molecule has 144 valence electrons. The van der Waals surface area contributed by atoms with E-state index in [9.17, 15) is 13.2 Å². The molecular weight excluding hydrogens is 366 g/mol. The molecule has 0 radical (unpaired) electrons. The van der Waals surface area contributed by atoms with Gasteiger partial charge in [-0.05, 0) is 63.2 Å². The van der Waals surface area contributed by atoms with Gasteiger partial charge in [-0.3, -0.25) is 4.79 Å². The molecule has 2 aromatic rings. The molecular formula is C20H23NO5S. The first-order valence-electron chi connectivity index (χ1n) is 8.95. The molecule has 6 nitrogen and oxygen atoms in total. The lowest BCUT2D eigenvalue weighted by molar-refractivity contribution is -0.147. The molecule has 0 saturated carbocycles. The Labute approximate surface area is 159 Å². The first-order valence-corrected chi connectivity index (χ1v) is 10.4. The lowest BCUT2D eigenvalue weighted by Gasteiger charge is -2.34. The molecule has 2 aromatic carbocycles. The number of para-hydroxylation sites is 1. The standard InChI is InChI=1S/C20H23NO5S/c1-2-25-19(22)20(11-13-21-14-12-20)27(23,24)18-10-6-9-17(15-18)26-16-7-4-3-5-8-16/h3-10,15,21H,2,11-14H2,1H3. The van der Waals surface area contributed by atoms with Gasteiger partial charge in [0, 0.05) is 0 Å². The van der Waals surface area contributed by atoms with Gasteiger partial charge < -0.3 is 14.8 Å². The first kappa shape index (κ1) is 19.4. The number of nitrogens with one attached hydrogen (secondary N) is 1. The van der Waals surface area contributed by atoms with E-state index in [1.54, 1.807) is 31.2 Å². The van der Waals surface area contributed by atoms with Crippen LogP contribution in [0.15, 0.2) is 59.5 Å². The van der Waals surface area contributed by atoms with E-state index in [0.29, 0.717) is 24.6 Å². The number of rotatable bonds is 6. The number of carbonyl (C=O) groups excluding carboxylic acids is 1. The maximum atomic E-state index is 13.4. The van der Waals surface area contributed by atoms with E-state index >= 15 is 0 Å². The number of benzene rings is 2. The van der Waals surface area contributed by atoms with Crippen LogP contribution in [0.5, 0.6) is 11.5 Å². The van der Waals surface area contributed by atoms with E-state index in [2.05, 4.69) is 5.32 Å². The molecule has 1 heterocycles. The summed E-state index contributed by atoms with van der Waals surface area (Å²) >= 11 is 0. The minimum absolute atomic E-state index is 0.0610. The van der Waals surface area contributed by atoms with Crippen molar-refractivity contribution >= 4 is 15.8 Å². The van der Waals surface area contributed by atoms with Crippen LogP contribution in [0.2, 0.25) is 0 Å². The maximum Gasteiger partial charge on any atom is 0.327 e. The highest BCUT2D eigenvalue weighted by Gasteiger charge is 2.53. The smallest absolute Gasteiger partial charge is 0.327 e. The third kappa shape index (κ3) is 3.84. The van der Waals surface area contributed by atoms with Crippen LogP contribution in [0.25, 0.3) is 0 Å². The van der Waals surface area contributed by atoms with Gasteiger partial charge in [-0.25, -0.2) is 8.42 Å². The molecule has 3 rings (SSSR count). The van der Waals surface area contributed by atoms with E-state index in [0.717, 1.165) is 0 Å². The number of carbonyl (C=O) groups is 1. The van der Waals surface area contributed by atoms with Crippen LogP contribution in [-0.2, 0) is 19.4 Å². The minimum atomic E-state index is -3.95. The molecule has 1 fully saturated rings. The lowest BCUT2D eigenvalue weighted by Crippen LogP contribution is -2.54. The van der Waals surface area contributed by atoms with Gasteiger partial charge in [0.15, 0.2) is 14.6 Å². The number of piperidine rings is 1. The molecule has 0 aromatic heterocycles. The number of hydrogen-bond donors (Lipinski definition) is 1. The van der Waals surface area contributed by atoms with Crippen molar-refractivity contribution in [1.82, 2.24) is 5.32 Å². The summed E-state index contributed by atoms with van der Waals surface area (Å²) in [6.45, 7) is 2.70. The molecule has 0 bridgehead atoms. The van der Waals surface area contributed by atoms with E-state index in [1.165, 1.54) is 12.1 Å². The van der Waals surface area contributed by atoms with Crippen molar-refractivity contribution in [2.75, 3.05) is 19.7 Å². The SMILES string of the molecule is CCOC(=O)C1(S(=O)(=O)c2cccc(Oc3ccccc3)c2)CCNCC1. The molecule has 0 spiro atoms. The van der Waals surface area contributed by atoms with Crippen LogP contribution in [0.4, 0.5) is 0 Å². The molecule has 0 amide bonds. The number of esters is 1. The monoisotopic (exact) mass is 389 g/mol. The Morgan fingerprint density at radius 1 is 1.04 bits per heavy atom. The molecule has 1 aliphatic rings. The van der Waals surface area contributed by atoms with Crippen molar-refractivity contribution in [1.29, 1.82) is 0 Å². The second kappa shape index (κ2) is 8.10. The van der Waals surface area contributed by atoms with Gasteiger partial charge >= 0.3 is 5.97 Å². The Hall–Kier alpha value is -2.38. The fourth-order valence-corrected chi connectivity index (χ4v) is 5.23. The summed E-state index contributed by atoms with van der Waals surface area (Å²) in [6, 6.07) is 15.4. The van der Waals surface area contributed by atoms with Gasteiger partial charge in [0.05, 0.1) is 11.5 Å². The average Bonchev–Trinajstić information content (AvgIpc) is 2.69. The summed E-state index contributed by atoms with van der Waals surface area (Å²) in [7, 11) is -3.95. The summed E-state index contributed by atoms with van der Waals surface area (Å²) in [4.78, 5) is 12.7. The Morgan fingerprint density at radius 2 is 1.70 bits per heavy atom. The maximum absolute atomic E-state index is 13.4. The zero-order valence-corrected chi connectivity index (χ0v) is 16.0. The van der Waals surface area contributed by atoms with Crippen molar-refractivity contribution in [2.45, 2.75) is 29.4 Å². The molecule has 1 aliphatic heterocycles. The van der Waals surface area contributed by atoms with Crippen LogP contribution in [0, 0.1) is 0 Å². The fourth-order valence-electron chi connectivity index (χ4n) is 3.23. The minimum Gasteiger partial charge on any atom is -0.465 e. The molecule has 1 N–H and O–H groups in total. The van der Waals surface area contributed by atoms with E-state index in [4.69, 9.17) is 9.47 Å². The van der Waals surface area contributed by atoms with Crippen LogP contribution in [0.1, 0.15) is 19.8 Å². The first-order chi connectivity index (χ1) is 13.0. The predicted octanol–water partition coefficient (Wildman–Crippen LogP) is 2.94. The quantitative estimate of drug-likeness (QED) is 0.765. The van der Waals surface area contributed by atoms with E-state index in [1.807, 2.05) is 18.2 Å². The number of sulfone groups is 1. The van der Waals surface area contributed by atoms with Crippen molar-refractivity contribution in [3.05, 3.63) is 54.6 Å². The van der Waals surface area contributed by atoms with Gasteiger partial charge in [-0.1, -0.05) is 24.3 Å². The van der Waals surface area contributed by atoms with Gasteiger partial charge in [0.2, 0.25) is 0 Å². The Bertz CT molecular complexity index is 890. The van der Waals surface area contributed by atoms with Crippen LogP contribution in [0.3, 0.4) is 0 Å². The van der Waals surface area contributed by atoms with E-state index < -0.39 is 20.6 Å². The van der Waals surface area contributed by atoms with Crippen molar-refractivity contribution in [3.8, 4) is 11.5 Å². The van der Waals surface area contributed by atoms with E-state index in [-0.39, 0.29) is 24.3 Å². The van der Waals surface area contributed by atoms with Gasteiger partial charge in [-0.2, -0.15) is 0 Å². The van der Waals surface area contributed by atoms with Gasteiger partial charge in [-0.15, -0.1) is 0 Å². The molecule has 1 saturated heterocycles. The molecule has 0 unspecified atom stereocenters. The summed E-state index contributed by atoms with van der Waals surface area (Å²) in [5.74, 6) is 0.324. The molecule has 0 atom stereocenters. The average molecular weight is 389 g/mol. The lowest BCUT2D eigenvalue weighted by atomic mass is 9.97. The zero-order chi connectivity index (χ0) is 19.3. The molecule has 27 heavy (non-hydrogen) atoms. The second-order valence-corrected chi connectivity index (χ2v) is 8.62. The topological polar surface area (TPSA) is 81.7 Å². The number of ether oxygens (including phenoxy) is 2. The van der Waals surface area contributed by atoms with Gasteiger partial charge in [0.25, 0.3) is 0 Å². The summed E-state index contributed by atoms with van der Waals surface area (Å²) in [5.41, 5.74) is 0. The number of hydrogen-bond acceptors (Lipinski definition) is 6. The van der Waals surface area contributed by atoms with Crippen molar-refractivity contribution in [2.24, 2.45) is 0 Å². The molecule has 7 heteroatoms. The predicted molar refractivity (Wildman–Crippen MR) is 102 cm³/mol. The summed E-state index contributed by atoms with van der Waals surface area (Å²) in [6.07, 6.45) is 0.357. The Balaban J connectivity index is 1.97. The third-order valence-corrected chi connectivity index (χ3v) is 7.15. The molecule has 0 aliphatic carbocycles. The Morgan fingerprint density at radius 3 is 2.37 bits per heavy atom. The van der Waals surface area contributed by atoms with Crippen LogP contribution >= 0.6 is 0 Å². The highest BCUT2D eigenvalue weighted by atomic mass is 32.2. The fraction of sp³-hybridized carbons (Fsp3) is 0.350. The highest BCUT2D eigenvalue weighted by molar-refractivity contribution is 7.93. The highest BCUT2D eigenvalue weighted by Crippen LogP contribution is 2.36.